The third-order valence-electron chi connectivity index (χ3n) is 4.87. The van der Waals surface area contributed by atoms with Crippen molar-refractivity contribution in [2.45, 2.75) is 64.6 Å². The molecule has 1 aliphatic carbocycles. The Bertz CT molecular complexity index is 624. The Morgan fingerprint density at radius 1 is 1.44 bits per heavy atom. The molecule has 1 amide bonds. The molecule has 0 aromatic heterocycles. The van der Waals surface area contributed by atoms with E-state index in [9.17, 15) is 4.79 Å². The smallest absolute Gasteiger partial charge is 0.256 e. The van der Waals surface area contributed by atoms with E-state index in [0.717, 1.165) is 32.1 Å². The van der Waals surface area contributed by atoms with Crippen molar-refractivity contribution in [3.63, 3.8) is 0 Å². The Morgan fingerprint density at radius 3 is 2.85 bits per heavy atom. The number of nitrogens with one attached hydrogen (secondary N) is 1. The second-order valence-electron chi connectivity index (χ2n) is 7.53. The summed E-state index contributed by atoms with van der Waals surface area (Å²) in [7, 11) is 1.63. The van der Waals surface area contributed by atoms with E-state index >= 15 is 0 Å². The van der Waals surface area contributed by atoms with Crippen LogP contribution in [0.5, 0.6) is 5.75 Å². The molecule has 1 aromatic rings. The van der Waals surface area contributed by atoms with Crippen LogP contribution in [0.1, 0.15) is 52.9 Å². The highest BCUT2D eigenvalue weighted by molar-refractivity contribution is 6.32. The van der Waals surface area contributed by atoms with Crippen LogP contribution in [0.25, 0.3) is 0 Å². The zero-order valence-corrected chi connectivity index (χ0v) is 17.6. The highest BCUT2D eigenvalue weighted by atomic mass is 35.5. The number of anilines is 1. The molecule has 0 radical (unpaired) electrons. The van der Waals surface area contributed by atoms with Crippen LogP contribution in [0.4, 0.5) is 5.69 Å². The van der Waals surface area contributed by atoms with Crippen molar-refractivity contribution in [1.29, 1.82) is 0 Å². The molecule has 5 nitrogen and oxygen atoms in total. The average molecular weight is 398 g/mol. The number of halogens is 1. The summed E-state index contributed by atoms with van der Waals surface area (Å²) in [5, 5.41) is 3.45. The summed E-state index contributed by atoms with van der Waals surface area (Å²) in [5.41, 5.74) is -0.100. The van der Waals surface area contributed by atoms with Crippen molar-refractivity contribution < 1.29 is 19.0 Å². The highest BCUT2D eigenvalue weighted by Crippen LogP contribution is 2.37. The number of benzene rings is 1. The Balaban J connectivity index is 2.09. The first-order valence-corrected chi connectivity index (χ1v) is 10.2. The van der Waals surface area contributed by atoms with Gasteiger partial charge in [-0.1, -0.05) is 31.9 Å². The van der Waals surface area contributed by atoms with Crippen molar-refractivity contribution in [3.05, 3.63) is 23.2 Å². The maximum atomic E-state index is 13.1. The van der Waals surface area contributed by atoms with Crippen LogP contribution in [-0.4, -0.2) is 37.9 Å². The fourth-order valence-electron chi connectivity index (χ4n) is 3.61. The Morgan fingerprint density at radius 2 is 2.22 bits per heavy atom. The van der Waals surface area contributed by atoms with E-state index in [1.54, 1.807) is 25.3 Å². The van der Waals surface area contributed by atoms with E-state index in [2.05, 4.69) is 19.2 Å². The van der Waals surface area contributed by atoms with Gasteiger partial charge in [-0.2, -0.15) is 0 Å². The van der Waals surface area contributed by atoms with Crippen molar-refractivity contribution in [3.8, 4) is 5.75 Å². The maximum absolute atomic E-state index is 13.1. The van der Waals surface area contributed by atoms with E-state index in [0.29, 0.717) is 35.6 Å². The molecule has 0 heterocycles. The van der Waals surface area contributed by atoms with Crippen LogP contribution in [0.3, 0.4) is 0 Å². The van der Waals surface area contributed by atoms with Gasteiger partial charge in [0.05, 0.1) is 11.6 Å². The largest absolute Gasteiger partial charge is 0.487 e. The molecule has 0 aliphatic heterocycles. The monoisotopic (exact) mass is 397 g/mol. The first kappa shape index (κ1) is 22.0. The quantitative estimate of drug-likeness (QED) is 0.632. The minimum absolute atomic E-state index is 0.0833. The molecule has 0 saturated heterocycles. The van der Waals surface area contributed by atoms with Crippen LogP contribution in [0.2, 0.25) is 5.02 Å². The molecule has 152 valence electrons. The van der Waals surface area contributed by atoms with Crippen LogP contribution >= 0.6 is 11.6 Å². The molecule has 0 unspecified atom stereocenters. The number of amides is 1. The predicted molar refractivity (Wildman–Crippen MR) is 109 cm³/mol. The first-order valence-electron chi connectivity index (χ1n) is 9.80. The molecule has 1 aromatic carbocycles. The molecule has 0 bridgehead atoms. The van der Waals surface area contributed by atoms with Crippen molar-refractivity contribution in [2.75, 3.05) is 25.6 Å². The van der Waals surface area contributed by atoms with E-state index in [1.165, 1.54) is 0 Å². The third-order valence-corrected chi connectivity index (χ3v) is 5.17. The minimum atomic E-state index is -0.748. The van der Waals surface area contributed by atoms with Gasteiger partial charge >= 0.3 is 0 Å². The lowest BCUT2D eigenvalue weighted by Gasteiger charge is -2.38. The van der Waals surface area contributed by atoms with Gasteiger partial charge in [0.15, 0.2) is 0 Å². The fourth-order valence-corrected chi connectivity index (χ4v) is 3.83. The van der Waals surface area contributed by atoms with Crippen molar-refractivity contribution in [2.24, 2.45) is 5.92 Å². The molecule has 1 saturated carbocycles. The molecule has 0 spiro atoms. The van der Waals surface area contributed by atoms with Gasteiger partial charge in [0.25, 0.3) is 5.91 Å². The highest BCUT2D eigenvalue weighted by Gasteiger charge is 2.42. The Labute approximate surface area is 167 Å². The molecule has 1 N–H and O–H groups in total. The molecule has 3 atom stereocenters. The van der Waals surface area contributed by atoms with Gasteiger partial charge in [0, 0.05) is 19.4 Å². The number of hydrogen-bond donors (Lipinski definition) is 1. The SMILES string of the molecule is CCCO[C@]1(C(=O)Nc2ccc(O[C@@H](C)COC)c(Cl)c2)CCC[C@@H](C)C1. The van der Waals surface area contributed by atoms with Gasteiger partial charge in [-0.05, 0) is 56.7 Å². The third kappa shape index (κ3) is 6.09. The molecular weight excluding hydrogens is 366 g/mol. The number of hydrogen-bond acceptors (Lipinski definition) is 4. The average Bonchev–Trinajstić information content (AvgIpc) is 2.62. The molecule has 1 fully saturated rings. The van der Waals surface area contributed by atoms with Crippen LogP contribution in [-0.2, 0) is 14.3 Å². The number of ether oxygens (including phenoxy) is 3. The van der Waals surface area contributed by atoms with Gasteiger partial charge < -0.3 is 19.5 Å². The lowest BCUT2D eigenvalue weighted by atomic mass is 9.78. The summed E-state index contributed by atoms with van der Waals surface area (Å²) in [5.74, 6) is 0.963. The Kier molecular flexibility index (Phi) is 8.39. The standard InChI is InChI=1S/C21H32ClNO4/c1-5-11-26-21(10-6-7-15(2)13-21)20(24)23-17-8-9-19(18(22)12-17)27-16(3)14-25-4/h8-9,12,15-16H,5-7,10-11,13-14H2,1-4H3,(H,23,24)/t15-,16+,21-/m1/s1. The van der Waals surface area contributed by atoms with E-state index in [4.69, 9.17) is 25.8 Å². The van der Waals surface area contributed by atoms with Gasteiger partial charge in [-0.15, -0.1) is 0 Å². The normalized spacial score (nSPS) is 23.7. The zero-order chi connectivity index (χ0) is 19.9. The van der Waals surface area contributed by atoms with Crippen LogP contribution in [0, 0.1) is 5.92 Å². The van der Waals surface area contributed by atoms with E-state index < -0.39 is 5.60 Å². The fraction of sp³-hybridized carbons (Fsp3) is 0.667. The predicted octanol–water partition coefficient (Wildman–Crippen LogP) is 5.07. The summed E-state index contributed by atoms with van der Waals surface area (Å²) >= 11 is 6.34. The maximum Gasteiger partial charge on any atom is 0.256 e. The summed E-state index contributed by atoms with van der Waals surface area (Å²) in [6, 6.07) is 5.29. The van der Waals surface area contributed by atoms with Gasteiger partial charge in [0.1, 0.15) is 17.5 Å². The number of carbonyl (C=O) groups is 1. The summed E-state index contributed by atoms with van der Waals surface area (Å²) in [6.07, 6.45) is 4.43. The van der Waals surface area contributed by atoms with Gasteiger partial charge in [-0.3, -0.25) is 4.79 Å². The van der Waals surface area contributed by atoms with Gasteiger partial charge in [-0.25, -0.2) is 0 Å². The zero-order valence-electron chi connectivity index (χ0n) is 16.8. The lowest BCUT2D eigenvalue weighted by molar-refractivity contribution is -0.148. The summed E-state index contributed by atoms with van der Waals surface area (Å²) in [6.45, 7) is 7.21. The Hall–Kier alpha value is -1.30. The number of methoxy groups -OCH3 is 1. The molecule has 6 heteroatoms. The first-order chi connectivity index (χ1) is 12.9. The van der Waals surface area contributed by atoms with Crippen molar-refractivity contribution >= 4 is 23.2 Å². The molecular formula is C21H32ClNO4. The van der Waals surface area contributed by atoms with Crippen molar-refractivity contribution in [1.82, 2.24) is 0 Å². The van der Waals surface area contributed by atoms with Crippen LogP contribution < -0.4 is 10.1 Å². The van der Waals surface area contributed by atoms with E-state index in [-0.39, 0.29) is 12.0 Å². The topological polar surface area (TPSA) is 56.8 Å². The lowest BCUT2D eigenvalue weighted by Crippen LogP contribution is -2.48. The number of rotatable bonds is 9. The second-order valence-corrected chi connectivity index (χ2v) is 7.93. The number of carbonyl (C=O) groups excluding carboxylic acids is 1. The van der Waals surface area contributed by atoms with Gasteiger partial charge in [0.2, 0.25) is 0 Å². The van der Waals surface area contributed by atoms with Crippen LogP contribution in [0.15, 0.2) is 18.2 Å². The molecule has 1 aliphatic rings. The molecule has 27 heavy (non-hydrogen) atoms. The summed E-state index contributed by atoms with van der Waals surface area (Å²) < 4.78 is 16.9. The summed E-state index contributed by atoms with van der Waals surface area (Å²) in [4.78, 5) is 13.1. The minimum Gasteiger partial charge on any atom is -0.487 e. The molecule has 2 rings (SSSR count). The van der Waals surface area contributed by atoms with E-state index in [1.807, 2.05) is 6.92 Å². The second kappa shape index (κ2) is 10.3.